The van der Waals surface area contributed by atoms with Crippen LogP contribution in [0.1, 0.15) is 31.7 Å². The third-order valence-electron chi connectivity index (χ3n) is 3.41. The lowest BCUT2D eigenvalue weighted by atomic mass is 10.1. The predicted octanol–water partition coefficient (Wildman–Crippen LogP) is 3.89. The summed E-state index contributed by atoms with van der Waals surface area (Å²) < 4.78 is 22.7. The van der Waals surface area contributed by atoms with E-state index in [9.17, 15) is 9.11 Å². The van der Waals surface area contributed by atoms with Crippen LogP contribution in [0.5, 0.6) is 0 Å². The molecule has 1 fully saturated rings. The summed E-state index contributed by atoms with van der Waals surface area (Å²) >= 11 is 0. The van der Waals surface area contributed by atoms with Gasteiger partial charge in [0.25, 0.3) is 0 Å². The van der Waals surface area contributed by atoms with E-state index < -0.39 is 10.8 Å². The largest absolute Gasteiger partial charge is 0.281 e. The molecule has 0 aromatic heterocycles. The Morgan fingerprint density at radius 3 is 2.41 bits per heavy atom. The van der Waals surface area contributed by atoms with E-state index in [0.717, 1.165) is 24.9 Å². The first-order valence-corrected chi connectivity index (χ1v) is 7.64. The molecule has 1 aromatic rings. The number of benzene rings is 1. The van der Waals surface area contributed by atoms with Crippen LogP contribution >= 0.6 is 10.8 Å². The van der Waals surface area contributed by atoms with Gasteiger partial charge >= 0.3 is 0 Å². The van der Waals surface area contributed by atoms with Gasteiger partial charge < -0.3 is 0 Å². The highest BCUT2D eigenvalue weighted by molar-refractivity contribution is 8.22. The minimum Gasteiger partial charge on any atom is -0.281 e. The van der Waals surface area contributed by atoms with Gasteiger partial charge in [0.05, 0.1) is 4.90 Å². The molecule has 2 N–H and O–H groups in total. The predicted molar refractivity (Wildman–Crippen MR) is 72.3 cm³/mol. The number of aryl methyl sites for hydroxylation is 1. The Bertz CT molecular complexity index is 378. The number of piperidine rings is 1. The molecule has 1 unspecified atom stereocenters. The maximum Gasteiger partial charge on any atom is 0.0752 e. The second kappa shape index (κ2) is 4.98. The van der Waals surface area contributed by atoms with E-state index in [1.165, 1.54) is 6.42 Å². The van der Waals surface area contributed by atoms with Gasteiger partial charge in [-0.3, -0.25) is 9.11 Å². The molecule has 1 heterocycles. The highest BCUT2D eigenvalue weighted by Crippen LogP contribution is 2.53. The molecule has 1 aliphatic heterocycles. The summed E-state index contributed by atoms with van der Waals surface area (Å²) in [6.45, 7) is 4.85. The molecule has 3 nitrogen and oxygen atoms in total. The summed E-state index contributed by atoms with van der Waals surface area (Å²) in [5, 5.41) is 0. The summed E-state index contributed by atoms with van der Waals surface area (Å²) in [5.41, 5.74) is 1.13. The molecule has 0 aliphatic carbocycles. The van der Waals surface area contributed by atoms with Crippen molar-refractivity contribution in [3.8, 4) is 0 Å². The van der Waals surface area contributed by atoms with Crippen LogP contribution in [-0.4, -0.2) is 26.0 Å². The van der Waals surface area contributed by atoms with Crippen molar-refractivity contribution >= 4 is 10.8 Å². The molecule has 0 amide bonds. The highest BCUT2D eigenvalue weighted by Gasteiger charge is 2.31. The molecule has 1 aliphatic rings. The number of rotatable bonds is 2. The lowest BCUT2D eigenvalue weighted by Gasteiger charge is -2.48. The lowest BCUT2D eigenvalue weighted by molar-refractivity contribution is 0.240. The van der Waals surface area contributed by atoms with Crippen LogP contribution in [-0.2, 0) is 0 Å². The van der Waals surface area contributed by atoms with E-state index in [4.69, 9.17) is 0 Å². The average molecular weight is 255 g/mol. The zero-order chi connectivity index (χ0) is 12.5. The first-order valence-electron chi connectivity index (χ1n) is 6.13. The van der Waals surface area contributed by atoms with Gasteiger partial charge in [-0.1, -0.05) is 24.1 Å². The molecule has 0 bridgehead atoms. The normalized spacial score (nSPS) is 23.6. The number of nitrogens with zero attached hydrogens (tertiary/aromatic N) is 1. The minimum atomic E-state index is -2.79. The van der Waals surface area contributed by atoms with E-state index in [1.807, 2.05) is 35.5 Å². The van der Waals surface area contributed by atoms with Gasteiger partial charge in [-0.15, -0.1) is 10.8 Å². The molecule has 0 radical (unpaired) electrons. The van der Waals surface area contributed by atoms with E-state index >= 15 is 0 Å². The van der Waals surface area contributed by atoms with Crippen LogP contribution in [0.25, 0.3) is 0 Å². The van der Waals surface area contributed by atoms with Crippen molar-refractivity contribution in [2.24, 2.45) is 0 Å². The van der Waals surface area contributed by atoms with Crippen molar-refractivity contribution in [2.45, 2.75) is 44.0 Å². The van der Waals surface area contributed by atoms with Gasteiger partial charge in [-0.2, -0.15) is 4.31 Å². The van der Waals surface area contributed by atoms with Crippen LogP contribution in [0.2, 0.25) is 0 Å². The van der Waals surface area contributed by atoms with Gasteiger partial charge in [-0.25, -0.2) is 0 Å². The maximum atomic E-state index is 10.4. The number of hydrogen-bond acceptors (Lipinski definition) is 3. The van der Waals surface area contributed by atoms with Crippen LogP contribution in [0.4, 0.5) is 0 Å². The van der Waals surface area contributed by atoms with E-state index in [1.54, 1.807) is 0 Å². The Kier molecular flexibility index (Phi) is 3.78. The van der Waals surface area contributed by atoms with Gasteiger partial charge in [-0.05, 0) is 38.8 Å². The Morgan fingerprint density at radius 1 is 1.18 bits per heavy atom. The van der Waals surface area contributed by atoms with Crippen molar-refractivity contribution in [1.29, 1.82) is 0 Å². The zero-order valence-corrected chi connectivity index (χ0v) is 11.3. The van der Waals surface area contributed by atoms with E-state index in [2.05, 4.69) is 6.92 Å². The molecular weight excluding hydrogens is 234 g/mol. The molecule has 96 valence electrons. The fourth-order valence-electron chi connectivity index (χ4n) is 2.31. The van der Waals surface area contributed by atoms with Crippen LogP contribution < -0.4 is 0 Å². The molecule has 17 heavy (non-hydrogen) atoms. The Balaban J connectivity index is 2.24. The molecule has 1 aromatic carbocycles. The van der Waals surface area contributed by atoms with Crippen molar-refractivity contribution in [3.63, 3.8) is 0 Å². The van der Waals surface area contributed by atoms with Gasteiger partial charge in [0, 0.05) is 12.6 Å². The molecule has 4 heteroatoms. The Hall–Kier alpha value is -0.550. The second-order valence-corrected chi connectivity index (χ2v) is 6.80. The SMILES string of the molecule is Cc1ccc(S(O)(O)N2CCCCC2C)cc1. The van der Waals surface area contributed by atoms with Crippen LogP contribution in [0.15, 0.2) is 29.2 Å². The first kappa shape index (κ1) is 12.9. The third kappa shape index (κ3) is 2.65. The van der Waals surface area contributed by atoms with E-state index in [0.29, 0.717) is 4.90 Å². The third-order valence-corrected chi connectivity index (χ3v) is 5.51. The average Bonchev–Trinajstić information content (AvgIpc) is 2.30. The standard InChI is InChI=1S/C13H21NO2S/c1-11-6-8-13(9-7-11)17(15,16)14-10-4-3-5-12(14)2/h6-9,12,15-16H,3-5,10H2,1-2H3. The molecular formula is C13H21NO2S. The Labute approximate surface area is 105 Å². The quantitative estimate of drug-likeness (QED) is 0.842. The van der Waals surface area contributed by atoms with Gasteiger partial charge in [0.2, 0.25) is 0 Å². The summed E-state index contributed by atoms with van der Waals surface area (Å²) in [7, 11) is -2.79. The summed E-state index contributed by atoms with van der Waals surface area (Å²) in [5.74, 6) is 0. The van der Waals surface area contributed by atoms with Crippen molar-refractivity contribution in [2.75, 3.05) is 6.54 Å². The minimum absolute atomic E-state index is 0.245. The van der Waals surface area contributed by atoms with Gasteiger partial charge in [0.15, 0.2) is 0 Å². The van der Waals surface area contributed by atoms with Gasteiger partial charge in [0.1, 0.15) is 0 Å². The summed E-state index contributed by atoms with van der Waals surface area (Å²) in [6, 6.07) is 7.75. The molecule has 2 rings (SSSR count). The zero-order valence-electron chi connectivity index (χ0n) is 10.5. The molecule has 1 saturated heterocycles. The molecule has 1 atom stereocenters. The van der Waals surface area contributed by atoms with Crippen molar-refractivity contribution in [3.05, 3.63) is 29.8 Å². The fourth-order valence-corrected chi connectivity index (χ4v) is 4.07. The second-order valence-electron chi connectivity index (χ2n) is 4.82. The summed E-state index contributed by atoms with van der Waals surface area (Å²) in [6.07, 6.45) is 3.27. The van der Waals surface area contributed by atoms with E-state index in [-0.39, 0.29) is 6.04 Å². The van der Waals surface area contributed by atoms with Crippen molar-refractivity contribution < 1.29 is 9.11 Å². The monoisotopic (exact) mass is 255 g/mol. The van der Waals surface area contributed by atoms with Crippen LogP contribution in [0, 0.1) is 6.92 Å². The summed E-state index contributed by atoms with van der Waals surface area (Å²) in [4.78, 5) is 0.636. The maximum absolute atomic E-state index is 10.4. The lowest BCUT2D eigenvalue weighted by Crippen LogP contribution is -2.39. The topological polar surface area (TPSA) is 43.7 Å². The Morgan fingerprint density at radius 2 is 1.82 bits per heavy atom. The molecule has 0 saturated carbocycles. The first-order chi connectivity index (χ1) is 8.01. The van der Waals surface area contributed by atoms with Crippen molar-refractivity contribution in [1.82, 2.24) is 4.31 Å². The smallest absolute Gasteiger partial charge is 0.0752 e. The van der Waals surface area contributed by atoms with Crippen LogP contribution in [0.3, 0.4) is 0 Å². The highest BCUT2D eigenvalue weighted by atomic mass is 32.3. The fraction of sp³-hybridized carbons (Fsp3) is 0.538. The number of hydrogen-bond donors (Lipinski definition) is 2. The molecule has 0 spiro atoms.